The van der Waals surface area contributed by atoms with E-state index in [4.69, 9.17) is 0 Å². The summed E-state index contributed by atoms with van der Waals surface area (Å²) in [6.45, 7) is 7.17. The van der Waals surface area contributed by atoms with Crippen LogP contribution in [0.15, 0.2) is 22.8 Å². The van der Waals surface area contributed by atoms with Gasteiger partial charge >= 0.3 is 0 Å². The molecule has 0 aromatic heterocycles. The van der Waals surface area contributed by atoms with Crippen LogP contribution in [-0.2, 0) is 9.84 Å². The van der Waals surface area contributed by atoms with Crippen LogP contribution < -0.4 is 0 Å². The van der Waals surface area contributed by atoms with Gasteiger partial charge < -0.3 is 0 Å². The van der Waals surface area contributed by atoms with Gasteiger partial charge in [-0.2, -0.15) is 0 Å². The van der Waals surface area contributed by atoms with E-state index in [1.807, 2.05) is 13.8 Å². The third-order valence-corrected chi connectivity index (χ3v) is 2.82. The third kappa shape index (κ3) is 6.19. The zero-order chi connectivity index (χ0) is 8.91. The standard InChI is InChI=1S/C7H12O2S2/c1-4-11(8,9)6-5-10-7(2)3/h4-7H,1H2,2-3H3. The van der Waals surface area contributed by atoms with E-state index in [0.29, 0.717) is 5.25 Å². The highest BCUT2D eigenvalue weighted by Gasteiger charge is 1.96. The van der Waals surface area contributed by atoms with Crippen LogP contribution in [-0.4, -0.2) is 13.7 Å². The predicted octanol–water partition coefficient (Wildman–Crippen LogP) is 2.16. The summed E-state index contributed by atoms with van der Waals surface area (Å²) in [6, 6.07) is 0. The van der Waals surface area contributed by atoms with Gasteiger partial charge in [0.15, 0.2) is 9.84 Å². The molecule has 0 saturated heterocycles. The topological polar surface area (TPSA) is 34.1 Å². The number of sulfone groups is 1. The molecule has 0 atom stereocenters. The molecule has 0 saturated carbocycles. The van der Waals surface area contributed by atoms with E-state index in [1.54, 1.807) is 5.41 Å². The summed E-state index contributed by atoms with van der Waals surface area (Å²) < 4.78 is 21.5. The van der Waals surface area contributed by atoms with Crippen molar-refractivity contribution in [3.05, 3.63) is 22.8 Å². The van der Waals surface area contributed by atoms with E-state index in [-0.39, 0.29) is 0 Å². The van der Waals surface area contributed by atoms with Crippen molar-refractivity contribution in [3.63, 3.8) is 0 Å². The average molecular weight is 192 g/mol. The second-order valence-electron chi connectivity index (χ2n) is 2.21. The van der Waals surface area contributed by atoms with E-state index >= 15 is 0 Å². The molecule has 4 heteroatoms. The van der Waals surface area contributed by atoms with Crippen LogP contribution in [0.3, 0.4) is 0 Å². The van der Waals surface area contributed by atoms with Gasteiger partial charge in [0.2, 0.25) is 0 Å². The van der Waals surface area contributed by atoms with Crippen molar-refractivity contribution < 1.29 is 8.42 Å². The van der Waals surface area contributed by atoms with E-state index in [0.717, 1.165) is 10.8 Å². The molecule has 0 unspecified atom stereocenters. The van der Waals surface area contributed by atoms with Gasteiger partial charge in [0, 0.05) is 16.1 Å². The maximum Gasteiger partial charge on any atom is 0.192 e. The highest BCUT2D eigenvalue weighted by atomic mass is 32.2. The van der Waals surface area contributed by atoms with Crippen LogP contribution in [0.25, 0.3) is 0 Å². The van der Waals surface area contributed by atoms with E-state index in [2.05, 4.69) is 6.58 Å². The molecule has 0 spiro atoms. The second kappa shape index (κ2) is 4.62. The van der Waals surface area contributed by atoms with Gasteiger partial charge in [0.1, 0.15) is 0 Å². The lowest BCUT2D eigenvalue weighted by Gasteiger charge is -1.95. The van der Waals surface area contributed by atoms with Crippen molar-refractivity contribution >= 4 is 21.6 Å². The first-order valence-corrected chi connectivity index (χ1v) is 5.72. The first-order valence-electron chi connectivity index (χ1n) is 3.17. The summed E-state index contributed by atoms with van der Waals surface area (Å²) in [7, 11) is -3.15. The minimum atomic E-state index is -3.15. The molecule has 0 bridgehead atoms. The molecular formula is C7H12O2S2. The molecule has 0 N–H and O–H groups in total. The van der Waals surface area contributed by atoms with Gasteiger partial charge in [-0.3, -0.25) is 0 Å². The number of hydrogen-bond donors (Lipinski definition) is 0. The van der Waals surface area contributed by atoms with Gasteiger partial charge in [-0.25, -0.2) is 8.42 Å². The van der Waals surface area contributed by atoms with Crippen molar-refractivity contribution in [3.8, 4) is 0 Å². The van der Waals surface area contributed by atoms with Gasteiger partial charge in [0.25, 0.3) is 0 Å². The largest absolute Gasteiger partial charge is 0.220 e. The zero-order valence-electron chi connectivity index (χ0n) is 6.65. The average Bonchev–Trinajstić information content (AvgIpc) is 1.87. The predicted molar refractivity (Wildman–Crippen MR) is 51.0 cm³/mol. The fourth-order valence-electron chi connectivity index (χ4n) is 0.322. The number of hydrogen-bond acceptors (Lipinski definition) is 3. The first-order chi connectivity index (χ1) is 4.98. The molecule has 0 aliphatic heterocycles. The normalized spacial score (nSPS) is 12.6. The Hall–Kier alpha value is -0.220. The lowest BCUT2D eigenvalue weighted by Crippen LogP contribution is -1.87. The monoisotopic (exact) mass is 192 g/mol. The Labute approximate surface area is 72.3 Å². The fraction of sp³-hybridized carbons (Fsp3) is 0.429. The van der Waals surface area contributed by atoms with E-state index in [1.165, 1.54) is 11.8 Å². The molecule has 0 radical (unpaired) electrons. The molecule has 0 amide bonds. The number of thioether (sulfide) groups is 1. The van der Waals surface area contributed by atoms with Crippen LogP contribution in [0, 0.1) is 0 Å². The van der Waals surface area contributed by atoms with E-state index < -0.39 is 9.84 Å². The molecule has 0 aliphatic rings. The van der Waals surface area contributed by atoms with Gasteiger partial charge in [0.05, 0.1) is 0 Å². The van der Waals surface area contributed by atoms with Crippen molar-refractivity contribution in [2.24, 2.45) is 0 Å². The Morgan fingerprint density at radius 2 is 2.00 bits per heavy atom. The SMILES string of the molecule is C=CS(=O)(=O)C=CSC(C)C. The zero-order valence-corrected chi connectivity index (χ0v) is 8.28. The Kier molecular flexibility index (Phi) is 4.52. The van der Waals surface area contributed by atoms with Gasteiger partial charge in [-0.1, -0.05) is 20.4 Å². The molecule has 0 aromatic carbocycles. The Bertz CT molecular complexity index is 237. The quantitative estimate of drug-likeness (QED) is 0.684. The summed E-state index contributed by atoms with van der Waals surface area (Å²) in [5.41, 5.74) is 0. The molecular weight excluding hydrogens is 180 g/mol. The number of rotatable bonds is 4. The Morgan fingerprint density at radius 1 is 1.45 bits per heavy atom. The second-order valence-corrected chi connectivity index (χ2v) is 5.48. The summed E-state index contributed by atoms with van der Waals surface area (Å²) in [4.78, 5) is 0. The van der Waals surface area contributed by atoms with Crippen LogP contribution in [0.1, 0.15) is 13.8 Å². The lowest BCUT2D eigenvalue weighted by atomic mass is 10.6. The first kappa shape index (κ1) is 10.8. The third-order valence-electron chi connectivity index (χ3n) is 0.828. The van der Waals surface area contributed by atoms with Crippen molar-refractivity contribution in [2.45, 2.75) is 19.1 Å². The molecule has 0 aromatic rings. The van der Waals surface area contributed by atoms with Gasteiger partial charge in [-0.05, 0) is 5.41 Å². The lowest BCUT2D eigenvalue weighted by molar-refractivity contribution is 0.613. The van der Waals surface area contributed by atoms with Crippen LogP contribution in [0.5, 0.6) is 0 Å². The smallest absolute Gasteiger partial charge is 0.192 e. The minimum Gasteiger partial charge on any atom is -0.220 e. The molecule has 0 rings (SSSR count). The van der Waals surface area contributed by atoms with Crippen LogP contribution >= 0.6 is 11.8 Å². The van der Waals surface area contributed by atoms with E-state index in [9.17, 15) is 8.42 Å². The Balaban J connectivity index is 4.04. The van der Waals surface area contributed by atoms with Crippen molar-refractivity contribution in [2.75, 3.05) is 0 Å². The molecule has 0 heterocycles. The van der Waals surface area contributed by atoms with Gasteiger partial charge in [-0.15, -0.1) is 11.8 Å². The molecule has 64 valence electrons. The Morgan fingerprint density at radius 3 is 2.36 bits per heavy atom. The maximum absolute atomic E-state index is 10.8. The van der Waals surface area contributed by atoms with Crippen molar-refractivity contribution in [1.82, 2.24) is 0 Å². The molecule has 0 fully saturated rings. The van der Waals surface area contributed by atoms with Crippen LogP contribution in [0.4, 0.5) is 0 Å². The molecule has 2 nitrogen and oxygen atoms in total. The highest BCUT2D eigenvalue weighted by Crippen LogP contribution is 2.11. The van der Waals surface area contributed by atoms with Crippen molar-refractivity contribution in [1.29, 1.82) is 0 Å². The van der Waals surface area contributed by atoms with Crippen LogP contribution in [0.2, 0.25) is 0 Å². The minimum absolute atomic E-state index is 0.409. The summed E-state index contributed by atoms with van der Waals surface area (Å²) in [5, 5.41) is 4.07. The molecule has 0 aliphatic carbocycles. The fourth-order valence-corrected chi connectivity index (χ4v) is 1.62. The molecule has 11 heavy (non-hydrogen) atoms. The summed E-state index contributed by atoms with van der Waals surface area (Å²) >= 11 is 1.47. The summed E-state index contributed by atoms with van der Waals surface area (Å²) in [6.07, 6.45) is 0. The highest BCUT2D eigenvalue weighted by molar-refractivity contribution is 8.04. The maximum atomic E-state index is 10.8. The summed E-state index contributed by atoms with van der Waals surface area (Å²) in [5.74, 6) is 0.